The molecular weight excluding hydrogens is 312 g/mol. The zero-order valence-corrected chi connectivity index (χ0v) is 15.6. The molecule has 2 bridgehead atoms. The number of fused-ring (bicyclic) bond motifs is 2. The Bertz CT molecular complexity index is 548. The summed E-state index contributed by atoms with van der Waals surface area (Å²) in [7, 11) is 1.69. The van der Waals surface area contributed by atoms with Gasteiger partial charge in [-0.15, -0.1) is 0 Å². The van der Waals surface area contributed by atoms with Crippen LogP contribution in [0, 0.1) is 17.8 Å². The third-order valence-electron chi connectivity index (χ3n) is 6.33. The van der Waals surface area contributed by atoms with Crippen molar-refractivity contribution in [1.82, 2.24) is 4.90 Å². The number of hydrogen-bond donors (Lipinski definition) is 1. The summed E-state index contributed by atoms with van der Waals surface area (Å²) in [5.41, 5.74) is 7.59. The molecule has 2 aliphatic rings. The van der Waals surface area contributed by atoms with Crippen LogP contribution in [0.25, 0.3) is 0 Å². The molecule has 4 heteroatoms. The highest BCUT2D eigenvalue weighted by Gasteiger charge is 2.42. The standard InChI is InChI=1S/C21H32N2O2/c1-15(16-7-4-3-5-8-16)23(11-12-25-2)21(24)19-13-17-9-6-10-18(14-19)20(17)22/h3-5,7-8,15,17-20H,6,9-14,22H2,1-2H3. The fourth-order valence-electron chi connectivity index (χ4n) is 4.82. The number of amides is 1. The van der Waals surface area contributed by atoms with Gasteiger partial charge in [0, 0.05) is 25.6 Å². The van der Waals surface area contributed by atoms with Crippen LogP contribution in [-0.2, 0) is 9.53 Å². The van der Waals surface area contributed by atoms with Gasteiger partial charge in [0.1, 0.15) is 0 Å². The van der Waals surface area contributed by atoms with E-state index in [1.807, 2.05) is 23.1 Å². The average Bonchev–Trinajstić information content (AvgIpc) is 2.62. The van der Waals surface area contributed by atoms with Crippen LogP contribution in [0.3, 0.4) is 0 Å². The Balaban J connectivity index is 1.75. The van der Waals surface area contributed by atoms with Crippen molar-refractivity contribution in [2.24, 2.45) is 23.5 Å². The Kier molecular flexibility index (Phi) is 6.13. The molecule has 2 fully saturated rings. The predicted molar refractivity (Wildman–Crippen MR) is 100.0 cm³/mol. The molecule has 1 aromatic rings. The summed E-state index contributed by atoms with van der Waals surface area (Å²) in [6, 6.07) is 10.7. The van der Waals surface area contributed by atoms with Crippen LogP contribution in [-0.4, -0.2) is 37.1 Å². The van der Waals surface area contributed by atoms with E-state index in [9.17, 15) is 4.79 Å². The zero-order valence-electron chi connectivity index (χ0n) is 15.6. The first-order valence-corrected chi connectivity index (χ1v) is 9.71. The first-order chi connectivity index (χ1) is 12.1. The van der Waals surface area contributed by atoms with E-state index in [2.05, 4.69) is 19.1 Å². The van der Waals surface area contributed by atoms with E-state index < -0.39 is 0 Å². The molecular formula is C21H32N2O2. The van der Waals surface area contributed by atoms with Crippen molar-refractivity contribution in [3.05, 3.63) is 35.9 Å². The van der Waals surface area contributed by atoms with Crippen molar-refractivity contribution < 1.29 is 9.53 Å². The van der Waals surface area contributed by atoms with E-state index in [-0.39, 0.29) is 17.9 Å². The van der Waals surface area contributed by atoms with Crippen LogP contribution in [0.2, 0.25) is 0 Å². The van der Waals surface area contributed by atoms with Crippen LogP contribution in [0.5, 0.6) is 0 Å². The highest BCUT2D eigenvalue weighted by molar-refractivity contribution is 5.79. The summed E-state index contributed by atoms with van der Waals surface area (Å²) in [5, 5.41) is 0. The maximum atomic E-state index is 13.4. The van der Waals surface area contributed by atoms with Gasteiger partial charge in [-0.2, -0.15) is 0 Å². The molecule has 2 N–H and O–H groups in total. The molecule has 0 aromatic heterocycles. The number of benzene rings is 1. The molecule has 1 aromatic carbocycles. The topological polar surface area (TPSA) is 55.6 Å². The minimum atomic E-state index is 0.0688. The molecule has 3 unspecified atom stereocenters. The van der Waals surface area contributed by atoms with Crippen LogP contribution in [0.4, 0.5) is 0 Å². The Morgan fingerprint density at radius 3 is 2.48 bits per heavy atom. The van der Waals surface area contributed by atoms with Gasteiger partial charge in [0.25, 0.3) is 0 Å². The van der Waals surface area contributed by atoms with Gasteiger partial charge in [0.2, 0.25) is 5.91 Å². The number of nitrogens with zero attached hydrogens (tertiary/aromatic N) is 1. The minimum absolute atomic E-state index is 0.0688. The van der Waals surface area contributed by atoms with Gasteiger partial charge in [-0.3, -0.25) is 4.79 Å². The lowest BCUT2D eigenvalue weighted by Crippen LogP contribution is -2.50. The molecule has 2 aliphatic carbocycles. The van der Waals surface area contributed by atoms with Crippen LogP contribution < -0.4 is 5.73 Å². The summed E-state index contributed by atoms with van der Waals surface area (Å²) >= 11 is 0. The number of rotatable bonds is 6. The second-order valence-corrected chi connectivity index (χ2v) is 7.81. The summed E-state index contributed by atoms with van der Waals surface area (Å²) in [6.45, 7) is 3.34. The maximum Gasteiger partial charge on any atom is 0.226 e. The van der Waals surface area contributed by atoms with E-state index in [1.54, 1.807) is 7.11 Å². The number of hydrogen-bond acceptors (Lipinski definition) is 3. The molecule has 3 rings (SSSR count). The highest BCUT2D eigenvalue weighted by atomic mass is 16.5. The Hall–Kier alpha value is -1.39. The first kappa shape index (κ1) is 18.4. The van der Waals surface area contributed by atoms with E-state index in [0.29, 0.717) is 31.0 Å². The van der Waals surface area contributed by atoms with E-state index in [4.69, 9.17) is 10.5 Å². The van der Waals surface area contributed by atoms with Gasteiger partial charge in [0.05, 0.1) is 12.6 Å². The van der Waals surface area contributed by atoms with Crippen molar-refractivity contribution >= 4 is 5.91 Å². The lowest BCUT2D eigenvalue weighted by Gasteiger charge is -2.45. The molecule has 3 atom stereocenters. The maximum absolute atomic E-state index is 13.4. The summed E-state index contributed by atoms with van der Waals surface area (Å²) in [6.07, 6.45) is 5.57. The van der Waals surface area contributed by atoms with Crippen molar-refractivity contribution in [3.63, 3.8) is 0 Å². The molecule has 0 spiro atoms. The normalized spacial score (nSPS) is 29.9. The largest absolute Gasteiger partial charge is 0.383 e. The fraction of sp³-hybridized carbons (Fsp3) is 0.667. The minimum Gasteiger partial charge on any atom is -0.383 e. The number of carbonyl (C=O) groups is 1. The van der Waals surface area contributed by atoms with E-state index in [0.717, 1.165) is 12.8 Å². The van der Waals surface area contributed by atoms with Crippen molar-refractivity contribution in [2.75, 3.05) is 20.3 Å². The third kappa shape index (κ3) is 4.06. The SMILES string of the molecule is COCCN(C(=O)C1CC2CCCC(C1)C2N)C(C)c1ccccc1. The predicted octanol–water partition coefficient (Wildman–Crippen LogP) is 3.38. The van der Waals surface area contributed by atoms with Crippen LogP contribution in [0.1, 0.15) is 50.6 Å². The lowest BCUT2D eigenvalue weighted by atomic mass is 9.65. The molecule has 0 saturated heterocycles. The Morgan fingerprint density at radius 2 is 1.88 bits per heavy atom. The summed E-state index contributed by atoms with van der Waals surface area (Å²) in [4.78, 5) is 15.4. The number of nitrogens with two attached hydrogens (primary N) is 1. The van der Waals surface area contributed by atoms with Crippen molar-refractivity contribution in [3.8, 4) is 0 Å². The number of carbonyl (C=O) groups excluding carboxylic acids is 1. The molecule has 0 radical (unpaired) electrons. The lowest BCUT2D eigenvalue weighted by molar-refractivity contribution is -0.141. The zero-order chi connectivity index (χ0) is 17.8. The third-order valence-corrected chi connectivity index (χ3v) is 6.33. The molecule has 4 nitrogen and oxygen atoms in total. The van der Waals surface area contributed by atoms with Crippen molar-refractivity contribution in [1.29, 1.82) is 0 Å². The van der Waals surface area contributed by atoms with Crippen LogP contribution in [0.15, 0.2) is 30.3 Å². The van der Waals surface area contributed by atoms with Gasteiger partial charge >= 0.3 is 0 Å². The van der Waals surface area contributed by atoms with Gasteiger partial charge in [-0.1, -0.05) is 36.8 Å². The van der Waals surface area contributed by atoms with E-state index in [1.165, 1.54) is 24.8 Å². The second kappa shape index (κ2) is 8.33. The summed E-state index contributed by atoms with van der Waals surface area (Å²) in [5.74, 6) is 1.46. The van der Waals surface area contributed by atoms with Gasteiger partial charge in [-0.25, -0.2) is 0 Å². The molecule has 138 valence electrons. The summed E-state index contributed by atoms with van der Waals surface area (Å²) < 4.78 is 5.27. The fourth-order valence-corrected chi connectivity index (χ4v) is 4.82. The van der Waals surface area contributed by atoms with Crippen molar-refractivity contribution in [2.45, 2.75) is 51.1 Å². The van der Waals surface area contributed by atoms with Gasteiger partial charge in [0.15, 0.2) is 0 Å². The average molecular weight is 344 g/mol. The molecule has 0 aliphatic heterocycles. The molecule has 1 amide bonds. The molecule has 2 saturated carbocycles. The first-order valence-electron chi connectivity index (χ1n) is 9.71. The second-order valence-electron chi connectivity index (χ2n) is 7.81. The van der Waals surface area contributed by atoms with Crippen LogP contribution >= 0.6 is 0 Å². The monoisotopic (exact) mass is 344 g/mol. The smallest absolute Gasteiger partial charge is 0.226 e. The van der Waals surface area contributed by atoms with Gasteiger partial charge in [-0.05, 0) is 50.0 Å². The Morgan fingerprint density at radius 1 is 1.24 bits per heavy atom. The quantitative estimate of drug-likeness (QED) is 0.861. The molecule has 0 heterocycles. The number of methoxy groups -OCH3 is 1. The van der Waals surface area contributed by atoms with Gasteiger partial charge < -0.3 is 15.4 Å². The Labute approximate surface area is 151 Å². The number of ether oxygens (including phenoxy) is 1. The van der Waals surface area contributed by atoms with E-state index >= 15 is 0 Å². The molecule has 25 heavy (non-hydrogen) atoms. The highest BCUT2D eigenvalue weighted by Crippen LogP contribution is 2.43.